The zero-order valence-electron chi connectivity index (χ0n) is 6.13. The number of hydrogen-bond acceptors (Lipinski definition) is 3. The molecule has 58 valence electrons. The van der Waals surface area contributed by atoms with E-state index in [2.05, 4.69) is 26.0 Å². The summed E-state index contributed by atoms with van der Waals surface area (Å²) in [6, 6.07) is 0. The Balaban J connectivity index is 2.88. The molecule has 0 aliphatic rings. The molecule has 2 heterocycles. The van der Waals surface area contributed by atoms with Gasteiger partial charge in [0.2, 0.25) is 4.96 Å². The molecule has 2 aromatic heterocycles. The van der Waals surface area contributed by atoms with Crippen molar-refractivity contribution >= 4 is 32.2 Å². The molecular weight excluding hydrogens is 226 g/mol. The lowest BCUT2D eigenvalue weighted by Gasteiger charge is -1.85. The molecule has 0 atom stereocenters. The maximum atomic E-state index is 4.32. The van der Waals surface area contributed by atoms with Gasteiger partial charge in [-0.1, -0.05) is 11.3 Å². The third-order valence-corrected chi connectivity index (χ3v) is 2.98. The van der Waals surface area contributed by atoms with Crippen molar-refractivity contribution in [3.05, 3.63) is 15.3 Å². The van der Waals surface area contributed by atoms with Gasteiger partial charge >= 0.3 is 0 Å². The van der Waals surface area contributed by atoms with Crippen LogP contribution in [-0.2, 0) is 0 Å². The lowest BCUT2D eigenvalue weighted by atomic mass is 10.4. The third kappa shape index (κ3) is 0.990. The van der Waals surface area contributed by atoms with Gasteiger partial charge in [0.15, 0.2) is 3.92 Å². The molecule has 0 fully saturated rings. The van der Waals surface area contributed by atoms with Crippen molar-refractivity contribution in [3.8, 4) is 0 Å². The number of imidazole rings is 1. The molecule has 2 rings (SSSR count). The molecule has 0 unspecified atom stereocenters. The van der Waals surface area contributed by atoms with Crippen LogP contribution in [0.3, 0.4) is 0 Å². The predicted molar refractivity (Wildman–Crippen MR) is 48.0 cm³/mol. The quantitative estimate of drug-likeness (QED) is 0.696. The Bertz CT molecular complexity index is 403. The third-order valence-electron chi connectivity index (χ3n) is 1.64. The lowest BCUT2D eigenvalue weighted by Crippen LogP contribution is -1.86. The van der Waals surface area contributed by atoms with Gasteiger partial charge in [-0.15, -0.1) is 5.10 Å². The van der Waals surface area contributed by atoms with Crippen molar-refractivity contribution in [1.82, 2.24) is 14.6 Å². The zero-order chi connectivity index (χ0) is 8.01. The maximum Gasteiger partial charge on any atom is 0.213 e. The first-order valence-electron chi connectivity index (χ1n) is 3.17. The Morgan fingerprint density at radius 3 is 2.82 bits per heavy atom. The number of nitrogens with zero attached hydrogens (tertiary/aromatic N) is 3. The summed E-state index contributed by atoms with van der Waals surface area (Å²) in [4.78, 5) is 5.27. The van der Waals surface area contributed by atoms with Crippen molar-refractivity contribution in [3.63, 3.8) is 0 Å². The fraction of sp³-hybridized carbons (Fsp3) is 0.333. The van der Waals surface area contributed by atoms with E-state index in [1.165, 1.54) is 0 Å². The summed E-state index contributed by atoms with van der Waals surface area (Å²) in [6.07, 6.45) is 0. The number of aromatic nitrogens is 3. The first-order valence-corrected chi connectivity index (χ1v) is 4.77. The maximum absolute atomic E-state index is 4.32. The van der Waals surface area contributed by atoms with Crippen molar-refractivity contribution in [2.45, 2.75) is 13.8 Å². The Morgan fingerprint density at radius 2 is 2.18 bits per heavy atom. The number of rotatable bonds is 0. The Hall–Kier alpha value is -0.420. The molecular formula is C6H6BrN3S. The predicted octanol–water partition coefficient (Wildman–Crippen LogP) is 2.17. The summed E-state index contributed by atoms with van der Waals surface area (Å²) in [6.45, 7) is 4.01. The van der Waals surface area contributed by atoms with E-state index in [1.54, 1.807) is 11.3 Å². The van der Waals surface area contributed by atoms with Crippen LogP contribution < -0.4 is 0 Å². The van der Waals surface area contributed by atoms with Crippen molar-refractivity contribution in [2.75, 3.05) is 0 Å². The molecule has 11 heavy (non-hydrogen) atoms. The van der Waals surface area contributed by atoms with Crippen molar-refractivity contribution < 1.29 is 0 Å². The van der Waals surface area contributed by atoms with Crippen LogP contribution >= 0.6 is 27.3 Å². The summed E-state index contributed by atoms with van der Waals surface area (Å²) in [5.41, 5.74) is 2.16. The highest BCUT2D eigenvalue weighted by Crippen LogP contribution is 2.21. The fourth-order valence-corrected chi connectivity index (χ4v) is 2.24. The molecule has 0 bridgehead atoms. The van der Waals surface area contributed by atoms with Crippen LogP contribution in [0, 0.1) is 13.8 Å². The van der Waals surface area contributed by atoms with Crippen LogP contribution in [0.4, 0.5) is 0 Å². The minimum Gasteiger partial charge on any atom is -0.223 e. The summed E-state index contributed by atoms with van der Waals surface area (Å²) in [5, 5.41) is 4.22. The molecule has 2 aromatic rings. The van der Waals surface area contributed by atoms with E-state index in [9.17, 15) is 0 Å². The van der Waals surface area contributed by atoms with Gasteiger partial charge in [0.25, 0.3) is 0 Å². The van der Waals surface area contributed by atoms with E-state index < -0.39 is 0 Å². The zero-order valence-corrected chi connectivity index (χ0v) is 8.53. The Morgan fingerprint density at radius 1 is 1.45 bits per heavy atom. The Kier molecular flexibility index (Phi) is 1.50. The van der Waals surface area contributed by atoms with E-state index in [4.69, 9.17) is 0 Å². The van der Waals surface area contributed by atoms with Crippen molar-refractivity contribution in [2.24, 2.45) is 0 Å². The molecule has 0 saturated heterocycles. The van der Waals surface area contributed by atoms with Gasteiger partial charge in [0.1, 0.15) is 0 Å². The normalized spacial score (nSPS) is 11.2. The second-order valence-corrected chi connectivity index (χ2v) is 4.56. The monoisotopic (exact) mass is 231 g/mol. The van der Waals surface area contributed by atoms with Gasteiger partial charge in [0.05, 0.1) is 11.4 Å². The number of hydrogen-bond donors (Lipinski definition) is 0. The molecule has 0 aromatic carbocycles. The molecule has 0 spiro atoms. The van der Waals surface area contributed by atoms with E-state index in [1.807, 2.05) is 18.4 Å². The molecule has 0 amide bonds. The minimum absolute atomic E-state index is 0.878. The first-order chi connectivity index (χ1) is 5.18. The van der Waals surface area contributed by atoms with Gasteiger partial charge in [-0.25, -0.2) is 9.50 Å². The van der Waals surface area contributed by atoms with Crippen LogP contribution in [0.25, 0.3) is 4.96 Å². The van der Waals surface area contributed by atoms with Gasteiger partial charge in [-0.05, 0) is 29.8 Å². The van der Waals surface area contributed by atoms with Crippen LogP contribution in [0.1, 0.15) is 11.4 Å². The highest BCUT2D eigenvalue weighted by molar-refractivity contribution is 9.11. The fourth-order valence-electron chi connectivity index (χ4n) is 0.927. The molecule has 0 aliphatic carbocycles. The van der Waals surface area contributed by atoms with E-state index in [0.29, 0.717) is 0 Å². The van der Waals surface area contributed by atoms with E-state index in [-0.39, 0.29) is 0 Å². The molecule has 0 aliphatic heterocycles. The molecule has 5 heteroatoms. The van der Waals surface area contributed by atoms with Crippen molar-refractivity contribution in [1.29, 1.82) is 0 Å². The second kappa shape index (κ2) is 2.28. The van der Waals surface area contributed by atoms with Gasteiger partial charge in [-0.3, -0.25) is 0 Å². The van der Waals surface area contributed by atoms with Gasteiger partial charge in [-0.2, -0.15) is 0 Å². The molecule has 3 nitrogen and oxygen atoms in total. The number of fused-ring (bicyclic) bond motifs is 1. The molecule has 0 saturated carbocycles. The van der Waals surface area contributed by atoms with Crippen LogP contribution in [-0.4, -0.2) is 14.6 Å². The number of aryl methyl sites for hydroxylation is 2. The first kappa shape index (κ1) is 7.24. The summed E-state index contributed by atoms with van der Waals surface area (Å²) in [5.74, 6) is 0. The van der Waals surface area contributed by atoms with E-state index >= 15 is 0 Å². The standard InChI is InChI=1S/C6H6BrN3S/c1-3-4(2)10-6(8-3)11-5(7)9-10/h1-2H3. The summed E-state index contributed by atoms with van der Waals surface area (Å²) >= 11 is 4.85. The van der Waals surface area contributed by atoms with E-state index in [0.717, 1.165) is 20.3 Å². The highest BCUT2D eigenvalue weighted by Gasteiger charge is 2.07. The van der Waals surface area contributed by atoms with Crippen LogP contribution in [0.2, 0.25) is 0 Å². The Labute approximate surface area is 76.2 Å². The topological polar surface area (TPSA) is 30.2 Å². The van der Waals surface area contributed by atoms with Crippen LogP contribution in [0.5, 0.6) is 0 Å². The largest absolute Gasteiger partial charge is 0.223 e. The second-order valence-electron chi connectivity index (χ2n) is 2.33. The molecule has 0 radical (unpaired) electrons. The highest BCUT2D eigenvalue weighted by atomic mass is 79.9. The lowest BCUT2D eigenvalue weighted by molar-refractivity contribution is 0.913. The van der Waals surface area contributed by atoms with Gasteiger partial charge < -0.3 is 0 Å². The summed E-state index contributed by atoms with van der Waals surface area (Å²) in [7, 11) is 0. The van der Waals surface area contributed by atoms with Crippen LogP contribution in [0.15, 0.2) is 3.92 Å². The number of halogens is 1. The minimum atomic E-state index is 0.878. The average Bonchev–Trinajstić information content (AvgIpc) is 2.37. The molecule has 0 N–H and O–H groups in total. The average molecular weight is 232 g/mol. The van der Waals surface area contributed by atoms with Gasteiger partial charge in [0, 0.05) is 0 Å². The smallest absolute Gasteiger partial charge is 0.213 e. The summed E-state index contributed by atoms with van der Waals surface area (Å²) < 4.78 is 2.73. The SMILES string of the molecule is Cc1nc2sc(Br)nn2c1C.